The molecular weight excluding hydrogens is 270 g/mol. The van der Waals surface area contributed by atoms with Crippen molar-refractivity contribution < 1.29 is 9.53 Å². The van der Waals surface area contributed by atoms with Crippen molar-refractivity contribution in [2.45, 2.75) is 0 Å². The summed E-state index contributed by atoms with van der Waals surface area (Å²) in [4.78, 5) is 30.2. The van der Waals surface area contributed by atoms with Crippen LogP contribution in [0.25, 0.3) is 10.9 Å². The van der Waals surface area contributed by atoms with E-state index in [1.165, 1.54) is 6.07 Å². The van der Waals surface area contributed by atoms with Gasteiger partial charge in [-0.3, -0.25) is 9.78 Å². The smallest absolute Gasteiger partial charge is 0.343 e. The van der Waals surface area contributed by atoms with Crippen molar-refractivity contribution in [3.05, 3.63) is 64.4 Å². The highest BCUT2D eigenvalue weighted by atomic mass is 16.5. The van der Waals surface area contributed by atoms with Crippen LogP contribution in [-0.2, 0) is 0 Å². The quantitative estimate of drug-likeness (QED) is 0.550. The number of H-pyrrole nitrogens is 1. The van der Waals surface area contributed by atoms with E-state index in [2.05, 4.69) is 9.97 Å². The molecular formula is C15H11N3O3. The first kappa shape index (κ1) is 12.9. The summed E-state index contributed by atoms with van der Waals surface area (Å²) in [6.07, 6.45) is 0. The van der Waals surface area contributed by atoms with Crippen molar-refractivity contribution in [2.24, 2.45) is 0 Å². The molecule has 0 atom stereocenters. The van der Waals surface area contributed by atoms with Gasteiger partial charge in [0.25, 0.3) is 5.56 Å². The van der Waals surface area contributed by atoms with Crippen LogP contribution < -0.4 is 16.0 Å². The lowest BCUT2D eigenvalue weighted by Crippen LogP contribution is -2.13. The molecule has 2 aromatic carbocycles. The van der Waals surface area contributed by atoms with E-state index in [9.17, 15) is 9.59 Å². The van der Waals surface area contributed by atoms with E-state index in [0.717, 1.165) is 0 Å². The Balaban J connectivity index is 1.98. The number of hydrogen-bond donors (Lipinski definition) is 2. The molecule has 21 heavy (non-hydrogen) atoms. The van der Waals surface area contributed by atoms with Crippen LogP contribution in [0.15, 0.2) is 53.3 Å². The maximum absolute atomic E-state index is 12.1. The Bertz CT molecular complexity index is 872. The van der Waals surface area contributed by atoms with Crippen LogP contribution in [0.3, 0.4) is 0 Å². The van der Waals surface area contributed by atoms with Gasteiger partial charge in [-0.25, -0.2) is 9.78 Å². The van der Waals surface area contributed by atoms with Crippen LogP contribution in [-0.4, -0.2) is 15.9 Å². The van der Waals surface area contributed by atoms with E-state index in [4.69, 9.17) is 10.5 Å². The number of aromatic amines is 1. The molecule has 6 heteroatoms. The molecule has 3 rings (SSSR count). The fourth-order valence-electron chi connectivity index (χ4n) is 1.94. The Hall–Kier alpha value is -3.15. The molecule has 1 aromatic heterocycles. The number of fused-ring (bicyclic) bond motifs is 1. The van der Waals surface area contributed by atoms with E-state index in [1.807, 2.05) is 6.07 Å². The molecule has 0 aliphatic rings. The fourth-order valence-corrected chi connectivity index (χ4v) is 1.94. The lowest BCUT2D eigenvalue weighted by atomic mass is 10.1. The van der Waals surface area contributed by atoms with Gasteiger partial charge in [0.1, 0.15) is 5.75 Å². The molecule has 0 saturated carbocycles. The number of ether oxygens (including phenoxy) is 1. The summed E-state index contributed by atoms with van der Waals surface area (Å²) in [5.41, 5.74) is 5.76. The van der Waals surface area contributed by atoms with Crippen molar-refractivity contribution in [3.63, 3.8) is 0 Å². The van der Waals surface area contributed by atoms with Crippen LogP contribution in [0.4, 0.5) is 5.95 Å². The zero-order valence-corrected chi connectivity index (χ0v) is 10.9. The van der Waals surface area contributed by atoms with Crippen molar-refractivity contribution >= 4 is 22.8 Å². The minimum atomic E-state index is -0.542. The molecule has 0 fully saturated rings. The van der Waals surface area contributed by atoms with Crippen LogP contribution in [0.1, 0.15) is 10.4 Å². The van der Waals surface area contributed by atoms with Crippen molar-refractivity contribution in [1.82, 2.24) is 9.97 Å². The Labute approximate surface area is 119 Å². The van der Waals surface area contributed by atoms with E-state index in [0.29, 0.717) is 11.3 Å². The zero-order chi connectivity index (χ0) is 14.8. The first-order valence-electron chi connectivity index (χ1n) is 6.20. The topological polar surface area (TPSA) is 98.1 Å². The molecule has 0 aliphatic carbocycles. The summed E-state index contributed by atoms with van der Waals surface area (Å²) in [6.45, 7) is 0. The first-order valence-corrected chi connectivity index (χ1v) is 6.20. The molecule has 0 amide bonds. The third kappa shape index (κ3) is 2.59. The van der Waals surface area contributed by atoms with Gasteiger partial charge in [-0.1, -0.05) is 18.2 Å². The second kappa shape index (κ2) is 5.09. The van der Waals surface area contributed by atoms with E-state index in [1.54, 1.807) is 36.4 Å². The van der Waals surface area contributed by atoms with E-state index >= 15 is 0 Å². The number of nitrogen functional groups attached to an aromatic ring is 1. The monoisotopic (exact) mass is 281 g/mol. The average Bonchev–Trinajstić information content (AvgIpc) is 2.47. The summed E-state index contributed by atoms with van der Waals surface area (Å²) in [7, 11) is 0. The van der Waals surface area contributed by atoms with Gasteiger partial charge < -0.3 is 10.5 Å². The minimum Gasteiger partial charge on any atom is -0.423 e. The van der Waals surface area contributed by atoms with Gasteiger partial charge in [0.15, 0.2) is 0 Å². The second-order valence-corrected chi connectivity index (χ2v) is 4.39. The van der Waals surface area contributed by atoms with Gasteiger partial charge in [-0.05, 0) is 30.3 Å². The number of nitrogens with one attached hydrogen (secondary N) is 1. The molecule has 0 spiro atoms. The molecule has 104 valence electrons. The van der Waals surface area contributed by atoms with Crippen molar-refractivity contribution in [2.75, 3.05) is 5.73 Å². The highest BCUT2D eigenvalue weighted by Crippen LogP contribution is 2.15. The normalized spacial score (nSPS) is 10.5. The Morgan fingerprint density at radius 2 is 1.90 bits per heavy atom. The predicted octanol–water partition coefficient (Wildman–Crippen LogP) is 1.72. The average molecular weight is 281 g/mol. The van der Waals surface area contributed by atoms with Gasteiger partial charge in [-0.2, -0.15) is 0 Å². The number of nitrogens with zero attached hydrogens (tertiary/aromatic N) is 1. The highest BCUT2D eigenvalue weighted by molar-refractivity contribution is 5.95. The molecule has 0 unspecified atom stereocenters. The maximum Gasteiger partial charge on any atom is 0.343 e. The number of nitrogens with two attached hydrogens (primary N) is 1. The number of carbonyl (C=O) groups is 1. The molecule has 0 aliphatic heterocycles. The van der Waals surface area contributed by atoms with Gasteiger partial charge in [0.2, 0.25) is 5.95 Å². The molecule has 0 radical (unpaired) electrons. The number of carbonyl (C=O) groups excluding carboxylic acids is 1. The molecule has 0 bridgehead atoms. The van der Waals surface area contributed by atoms with Gasteiger partial charge in [-0.15, -0.1) is 0 Å². The lowest BCUT2D eigenvalue weighted by Gasteiger charge is -2.05. The molecule has 3 aromatic rings. The Morgan fingerprint density at radius 1 is 1.14 bits per heavy atom. The van der Waals surface area contributed by atoms with E-state index in [-0.39, 0.29) is 16.9 Å². The summed E-state index contributed by atoms with van der Waals surface area (Å²) in [5, 5.41) is 0.284. The molecule has 1 heterocycles. The van der Waals surface area contributed by atoms with Gasteiger partial charge in [0, 0.05) is 0 Å². The predicted molar refractivity (Wildman–Crippen MR) is 78.2 cm³/mol. The molecule has 0 saturated heterocycles. The van der Waals surface area contributed by atoms with Gasteiger partial charge in [0.05, 0.1) is 16.5 Å². The summed E-state index contributed by atoms with van der Waals surface area (Å²) in [6, 6.07) is 13.2. The van der Waals surface area contributed by atoms with Crippen molar-refractivity contribution in [1.29, 1.82) is 0 Å². The largest absolute Gasteiger partial charge is 0.423 e. The number of benzene rings is 2. The standard InChI is InChI=1S/C15H11N3O3/c16-15-17-12-7-6-9(8-11(12)13(19)18-15)14(20)21-10-4-2-1-3-5-10/h1-8H,(H3,16,17,18,19). The lowest BCUT2D eigenvalue weighted by molar-refractivity contribution is 0.0735. The zero-order valence-electron chi connectivity index (χ0n) is 10.9. The van der Waals surface area contributed by atoms with Crippen molar-refractivity contribution in [3.8, 4) is 5.75 Å². The summed E-state index contributed by atoms with van der Waals surface area (Å²) in [5.74, 6) is -0.0709. The maximum atomic E-state index is 12.1. The van der Waals surface area contributed by atoms with Crippen LogP contribution in [0.2, 0.25) is 0 Å². The highest BCUT2D eigenvalue weighted by Gasteiger charge is 2.11. The Morgan fingerprint density at radius 3 is 2.67 bits per heavy atom. The van der Waals surface area contributed by atoms with Gasteiger partial charge >= 0.3 is 5.97 Å². The third-order valence-electron chi connectivity index (χ3n) is 2.91. The first-order chi connectivity index (χ1) is 10.1. The number of aromatic nitrogens is 2. The van der Waals surface area contributed by atoms with Crippen LogP contribution in [0, 0.1) is 0 Å². The number of hydrogen-bond acceptors (Lipinski definition) is 5. The molecule has 6 nitrogen and oxygen atoms in total. The summed E-state index contributed by atoms with van der Waals surface area (Å²) < 4.78 is 5.22. The van der Waals surface area contributed by atoms with E-state index < -0.39 is 11.5 Å². The second-order valence-electron chi connectivity index (χ2n) is 4.39. The number of rotatable bonds is 2. The fraction of sp³-hybridized carbons (Fsp3) is 0. The van der Waals surface area contributed by atoms with Crippen LogP contribution >= 0.6 is 0 Å². The number of anilines is 1. The SMILES string of the molecule is Nc1nc2ccc(C(=O)Oc3ccccc3)cc2c(=O)[nH]1. The minimum absolute atomic E-state index is 0.0344. The molecule has 3 N–H and O–H groups in total. The Kier molecular flexibility index (Phi) is 3.12. The number of para-hydroxylation sites is 1. The number of esters is 1. The summed E-state index contributed by atoms with van der Waals surface area (Å²) >= 11 is 0. The van der Waals surface area contributed by atoms with Crippen LogP contribution in [0.5, 0.6) is 5.75 Å². The third-order valence-corrected chi connectivity index (χ3v) is 2.91.